The van der Waals surface area contributed by atoms with Gasteiger partial charge in [-0.3, -0.25) is 4.90 Å². The molecule has 0 radical (unpaired) electrons. The maximum atomic E-state index is 3.59. The highest BCUT2D eigenvalue weighted by molar-refractivity contribution is 4.95. The van der Waals surface area contributed by atoms with Crippen molar-refractivity contribution >= 4 is 0 Å². The molecule has 16 heavy (non-hydrogen) atoms. The van der Waals surface area contributed by atoms with Gasteiger partial charge < -0.3 is 5.32 Å². The fourth-order valence-corrected chi connectivity index (χ4v) is 3.62. The van der Waals surface area contributed by atoms with Crippen LogP contribution in [0.5, 0.6) is 0 Å². The number of nitrogens with one attached hydrogen (secondary N) is 1. The van der Waals surface area contributed by atoms with E-state index in [0.717, 1.165) is 5.92 Å². The molecular formula is C14H28N2. The van der Waals surface area contributed by atoms with E-state index in [0.29, 0.717) is 5.54 Å². The van der Waals surface area contributed by atoms with Crippen molar-refractivity contribution in [3.63, 3.8) is 0 Å². The average Bonchev–Trinajstić information content (AvgIpc) is 2.83. The number of rotatable bonds is 4. The maximum Gasteiger partial charge on any atom is 0.0329 e. The largest absolute Gasteiger partial charge is 0.314 e. The zero-order valence-electron chi connectivity index (χ0n) is 11.1. The van der Waals surface area contributed by atoms with E-state index >= 15 is 0 Å². The molecule has 0 aromatic heterocycles. The van der Waals surface area contributed by atoms with Crippen molar-refractivity contribution in [2.75, 3.05) is 26.2 Å². The summed E-state index contributed by atoms with van der Waals surface area (Å²) >= 11 is 0. The van der Waals surface area contributed by atoms with Gasteiger partial charge in [0.25, 0.3) is 0 Å². The molecule has 1 aliphatic heterocycles. The van der Waals surface area contributed by atoms with Crippen LogP contribution in [-0.4, -0.2) is 36.6 Å². The van der Waals surface area contributed by atoms with Crippen molar-refractivity contribution in [3.05, 3.63) is 0 Å². The van der Waals surface area contributed by atoms with Crippen LogP contribution in [0.1, 0.15) is 52.4 Å². The first-order chi connectivity index (χ1) is 7.80. The second-order valence-electron chi connectivity index (χ2n) is 5.70. The number of hydrogen-bond donors (Lipinski definition) is 1. The Morgan fingerprint density at radius 3 is 2.50 bits per heavy atom. The molecule has 1 aliphatic carbocycles. The molecule has 0 aromatic rings. The van der Waals surface area contributed by atoms with Gasteiger partial charge in [-0.1, -0.05) is 26.7 Å². The standard InChI is InChI=1S/C14H28N2/c1-3-14(4-2)12-15-9-10-16(14)11-13-7-5-6-8-13/h13,15H,3-12H2,1-2H3. The SMILES string of the molecule is CCC1(CC)CNCCN1CC1CCCC1. The van der Waals surface area contributed by atoms with E-state index in [1.54, 1.807) is 0 Å². The van der Waals surface area contributed by atoms with E-state index in [1.165, 1.54) is 64.7 Å². The Kier molecular flexibility index (Phi) is 4.26. The Morgan fingerprint density at radius 1 is 1.19 bits per heavy atom. The highest BCUT2D eigenvalue weighted by Gasteiger charge is 2.36. The van der Waals surface area contributed by atoms with Crippen LogP contribution in [-0.2, 0) is 0 Å². The van der Waals surface area contributed by atoms with Gasteiger partial charge in [-0.15, -0.1) is 0 Å². The topological polar surface area (TPSA) is 15.3 Å². The Hall–Kier alpha value is -0.0800. The molecular weight excluding hydrogens is 196 g/mol. The zero-order valence-corrected chi connectivity index (χ0v) is 11.1. The van der Waals surface area contributed by atoms with Crippen molar-refractivity contribution < 1.29 is 0 Å². The van der Waals surface area contributed by atoms with Gasteiger partial charge in [0.15, 0.2) is 0 Å². The molecule has 2 heteroatoms. The van der Waals surface area contributed by atoms with Crippen LogP contribution in [0.15, 0.2) is 0 Å². The van der Waals surface area contributed by atoms with Gasteiger partial charge in [0.2, 0.25) is 0 Å². The van der Waals surface area contributed by atoms with Gasteiger partial charge in [0.1, 0.15) is 0 Å². The molecule has 2 fully saturated rings. The molecule has 2 rings (SSSR count). The first-order valence-corrected chi connectivity index (χ1v) is 7.26. The quantitative estimate of drug-likeness (QED) is 0.790. The van der Waals surface area contributed by atoms with Gasteiger partial charge >= 0.3 is 0 Å². The van der Waals surface area contributed by atoms with E-state index in [-0.39, 0.29) is 0 Å². The van der Waals surface area contributed by atoms with Crippen LogP contribution in [0.4, 0.5) is 0 Å². The third-order valence-electron chi connectivity index (χ3n) is 4.95. The normalized spacial score (nSPS) is 27.4. The molecule has 94 valence electrons. The first-order valence-electron chi connectivity index (χ1n) is 7.26. The summed E-state index contributed by atoms with van der Waals surface area (Å²) in [4.78, 5) is 2.81. The number of hydrogen-bond acceptors (Lipinski definition) is 2. The third-order valence-corrected chi connectivity index (χ3v) is 4.95. The summed E-state index contributed by atoms with van der Waals surface area (Å²) in [6.07, 6.45) is 8.50. The fourth-order valence-electron chi connectivity index (χ4n) is 3.62. The van der Waals surface area contributed by atoms with Gasteiger partial charge in [-0.2, -0.15) is 0 Å². The van der Waals surface area contributed by atoms with E-state index in [1.807, 2.05) is 0 Å². The maximum absolute atomic E-state index is 3.59. The van der Waals surface area contributed by atoms with Crippen molar-refractivity contribution in [3.8, 4) is 0 Å². The van der Waals surface area contributed by atoms with Crippen LogP contribution in [0.2, 0.25) is 0 Å². The van der Waals surface area contributed by atoms with Crippen LogP contribution in [0.3, 0.4) is 0 Å². The lowest BCUT2D eigenvalue weighted by molar-refractivity contribution is 0.0383. The lowest BCUT2D eigenvalue weighted by Gasteiger charge is -2.48. The monoisotopic (exact) mass is 224 g/mol. The molecule has 0 unspecified atom stereocenters. The molecule has 0 bridgehead atoms. The van der Waals surface area contributed by atoms with Crippen LogP contribution in [0, 0.1) is 5.92 Å². The lowest BCUT2D eigenvalue weighted by atomic mass is 9.87. The Labute approximate surface area is 101 Å². The number of piperazine rings is 1. The predicted molar refractivity (Wildman–Crippen MR) is 69.7 cm³/mol. The number of nitrogens with zero attached hydrogens (tertiary/aromatic N) is 1. The minimum atomic E-state index is 0.459. The van der Waals surface area contributed by atoms with E-state index in [4.69, 9.17) is 0 Å². The van der Waals surface area contributed by atoms with Gasteiger partial charge in [0.05, 0.1) is 0 Å². The van der Waals surface area contributed by atoms with E-state index < -0.39 is 0 Å². The molecule has 2 aliphatic rings. The summed E-state index contributed by atoms with van der Waals surface area (Å²) in [7, 11) is 0. The molecule has 0 amide bonds. The van der Waals surface area contributed by atoms with Crippen molar-refractivity contribution in [2.45, 2.75) is 57.9 Å². The second-order valence-corrected chi connectivity index (χ2v) is 5.70. The van der Waals surface area contributed by atoms with Gasteiger partial charge in [-0.05, 0) is 31.6 Å². The molecule has 2 nitrogen and oxygen atoms in total. The Bertz CT molecular complexity index is 205. The first kappa shape index (κ1) is 12.4. The Morgan fingerprint density at radius 2 is 1.88 bits per heavy atom. The van der Waals surface area contributed by atoms with Crippen molar-refractivity contribution in [1.82, 2.24) is 10.2 Å². The summed E-state index contributed by atoms with van der Waals surface area (Å²) in [5.74, 6) is 0.996. The summed E-state index contributed by atoms with van der Waals surface area (Å²) in [6.45, 7) is 9.74. The van der Waals surface area contributed by atoms with Gasteiger partial charge in [0, 0.05) is 31.7 Å². The minimum Gasteiger partial charge on any atom is -0.314 e. The summed E-state index contributed by atoms with van der Waals surface area (Å²) in [5.41, 5.74) is 0.459. The lowest BCUT2D eigenvalue weighted by Crippen LogP contribution is -2.61. The molecule has 0 atom stereocenters. The van der Waals surface area contributed by atoms with Gasteiger partial charge in [-0.25, -0.2) is 0 Å². The highest BCUT2D eigenvalue weighted by Crippen LogP contribution is 2.31. The predicted octanol–water partition coefficient (Wildman–Crippen LogP) is 2.64. The third kappa shape index (κ3) is 2.43. The van der Waals surface area contributed by atoms with E-state index in [2.05, 4.69) is 24.1 Å². The summed E-state index contributed by atoms with van der Waals surface area (Å²) in [6, 6.07) is 0. The van der Waals surface area contributed by atoms with Crippen molar-refractivity contribution in [2.24, 2.45) is 5.92 Å². The van der Waals surface area contributed by atoms with Crippen molar-refractivity contribution in [1.29, 1.82) is 0 Å². The molecule has 1 N–H and O–H groups in total. The minimum absolute atomic E-state index is 0.459. The summed E-state index contributed by atoms with van der Waals surface area (Å²) < 4.78 is 0. The van der Waals surface area contributed by atoms with Crippen LogP contribution in [0.25, 0.3) is 0 Å². The molecule has 0 aromatic carbocycles. The smallest absolute Gasteiger partial charge is 0.0329 e. The molecule has 0 spiro atoms. The average molecular weight is 224 g/mol. The highest BCUT2D eigenvalue weighted by atomic mass is 15.3. The molecule has 1 saturated carbocycles. The summed E-state index contributed by atoms with van der Waals surface area (Å²) in [5, 5.41) is 3.59. The van der Waals surface area contributed by atoms with Crippen LogP contribution >= 0.6 is 0 Å². The Balaban J connectivity index is 1.97. The van der Waals surface area contributed by atoms with Crippen LogP contribution < -0.4 is 5.32 Å². The molecule has 1 heterocycles. The zero-order chi connectivity index (χ0) is 11.4. The second kappa shape index (κ2) is 5.50. The van der Waals surface area contributed by atoms with E-state index in [9.17, 15) is 0 Å². The molecule has 1 saturated heterocycles. The fraction of sp³-hybridized carbons (Fsp3) is 1.00.